The smallest absolute Gasteiger partial charge is 0.0540 e. The Morgan fingerprint density at radius 3 is 1.74 bits per heavy atom. The van der Waals surface area contributed by atoms with Gasteiger partial charge in [-0.15, -0.1) is 0 Å². The standard InChI is InChI=1S/C34H25N/c1-2-15-30(16-3-1)35(34-19-9-14-28-11-5-7-18-33(28)34)31-24-21-26(22-25-31)20-23-29-13-8-12-27-10-4-6-17-32(27)29/h1-25H/b23-20-. The molecule has 0 amide bonds. The van der Waals surface area contributed by atoms with Crippen molar-refractivity contribution in [2.75, 3.05) is 4.90 Å². The number of hydrogen-bond acceptors (Lipinski definition) is 1. The predicted octanol–water partition coefficient (Wildman–Crippen LogP) is 9.63. The summed E-state index contributed by atoms with van der Waals surface area (Å²) in [5.74, 6) is 0. The van der Waals surface area contributed by atoms with E-state index in [1.165, 1.54) is 38.4 Å². The monoisotopic (exact) mass is 447 g/mol. The number of nitrogens with zero attached hydrogens (tertiary/aromatic N) is 1. The van der Waals surface area contributed by atoms with Gasteiger partial charge in [-0.25, -0.2) is 0 Å². The van der Waals surface area contributed by atoms with E-state index in [1.54, 1.807) is 0 Å². The molecule has 1 nitrogen and oxygen atoms in total. The van der Waals surface area contributed by atoms with Crippen LogP contribution in [0.4, 0.5) is 17.1 Å². The number of fused-ring (bicyclic) bond motifs is 2. The van der Waals surface area contributed by atoms with E-state index in [2.05, 4.69) is 157 Å². The van der Waals surface area contributed by atoms with Crippen molar-refractivity contribution in [2.24, 2.45) is 0 Å². The molecule has 166 valence electrons. The van der Waals surface area contributed by atoms with Gasteiger partial charge in [0.1, 0.15) is 0 Å². The molecule has 0 fully saturated rings. The summed E-state index contributed by atoms with van der Waals surface area (Å²) in [6, 6.07) is 49.4. The minimum atomic E-state index is 1.13. The molecular weight excluding hydrogens is 422 g/mol. The summed E-state index contributed by atoms with van der Waals surface area (Å²) in [5.41, 5.74) is 5.85. The van der Waals surface area contributed by atoms with Crippen LogP contribution < -0.4 is 4.90 Å². The van der Waals surface area contributed by atoms with Gasteiger partial charge in [0.25, 0.3) is 0 Å². The Morgan fingerprint density at radius 1 is 0.400 bits per heavy atom. The Morgan fingerprint density at radius 2 is 0.971 bits per heavy atom. The van der Waals surface area contributed by atoms with Crippen molar-refractivity contribution >= 4 is 50.8 Å². The molecule has 0 aliphatic heterocycles. The highest BCUT2D eigenvalue weighted by atomic mass is 15.1. The van der Waals surface area contributed by atoms with Gasteiger partial charge in [0.2, 0.25) is 0 Å². The highest BCUT2D eigenvalue weighted by molar-refractivity contribution is 5.99. The van der Waals surface area contributed by atoms with Gasteiger partial charge >= 0.3 is 0 Å². The summed E-state index contributed by atoms with van der Waals surface area (Å²) in [7, 11) is 0. The number of benzene rings is 6. The molecule has 6 aromatic carbocycles. The number of para-hydroxylation sites is 1. The van der Waals surface area contributed by atoms with Crippen LogP contribution in [0.15, 0.2) is 140 Å². The average molecular weight is 448 g/mol. The van der Waals surface area contributed by atoms with E-state index in [0.717, 1.165) is 11.4 Å². The Kier molecular flexibility index (Phi) is 5.58. The molecule has 0 aliphatic rings. The summed E-state index contributed by atoms with van der Waals surface area (Å²) in [6.07, 6.45) is 4.40. The first-order valence-electron chi connectivity index (χ1n) is 12.0. The normalized spacial score (nSPS) is 11.3. The third-order valence-electron chi connectivity index (χ3n) is 6.45. The van der Waals surface area contributed by atoms with Crippen molar-refractivity contribution in [3.05, 3.63) is 151 Å². The Bertz CT molecular complexity index is 1620. The highest BCUT2D eigenvalue weighted by Crippen LogP contribution is 2.38. The molecule has 0 saturated carbocycles. The van der Waals surface area contributed by atoms with Crippen LogP contribution in [-0.2, 0) is 0 Å². The third kappa shape index (κ3) is 4.20. The molecule has 0 heterocycles. The largest absolute Gasteiger partial charge is 0.310 e. The van der Waals surface area contributed by atoms with Crippen molar-refractivity contribution in [2.45, 2.75) is 0 Å². The second-order valence-electron chi connectivity index (χ2n) is 8.66. The van der Waals surface area contributed by atoms with Gasteiger partial charge in [-0.3, -0.25) is 0 Å². The van der Waals surface area contributed by atoms with E-state index in [9.17, 15) is 0 Å². The zero-order chi connectivity index (χ0) is 23.5. The molecule has 0 spiro atoms. The van der Waals surface area contributed by atoms with Gasteiger partial charge in [0, 0.05) is 16.8 Å². The summed E-state index contributed by atoms with van der Waals surface area (Å²) in [5, 5.41) is 5.01. The van der Waals surface area contributed by atoms with Crippen LogP contribution in [0.3, 0.4) is 0 Å². The third-order valence-corrected chi connectivity index (χ3v) is 6.45. The van der Waals surface area contributed by atoms with Crippen LogP contribution in [0.2, 0.25) is 0 Å². The predicted molar refractivity (Wildman–Crippen MR) is 152 cm³/mol. The van der Waals surface area contributed by atoms with E-state index in [-0.39, 0.29) is 0 Å². The first-order chi connectivity index (χ1) is 17.4. The van der Waals surface area contributed by atoms with Crippen LogP contribution in [0, 0.1) is 0 Å². The number of hydrogen-bond donors (Lipinski definition) is 0. The van der Waals surface area contributed by atoms with E-state index in [1.807, 2.05) is 0 Å². The van der Waals surface area contributed by atoms with Gasteiger partial charge in [0.15, 0.2) is 0 Å². The highest BCUT2D eigenvalue weighted by Gasteiger charge is 2.14. The zero-order valence-corrected chi connectivity index (χ0v) is 19.4. The lowest BCUT2D eigenvalue weighted by Crippen LogP contribution is -2.10. The molecule has 6 aromatic rings. The SMILES string of the molecule is C(=C/c1cccc2ccccc12)/c1ccc(N(c2ccccc2)c2cccc3ccccc23)cc1. The Hall–Kier alpha value is -4.62. The van der Waals surface area contributed by atoms with Gasteiger partial charge in [-0.2, -0.15) is 0 Å². The van der Waals surface area contributed by atoms with Crippen molar-refractivity contribution in [1.82, 2.24) is 0 Å². The van der Waals surface area contributed by atoms with Crippen molar-refractivity contribution < 1.29 is 0 Å². The first kappa shape index (κ1) is 20.9. The number of rotatable bonds is 5. The molecule has 0 unspecified atom stereocenters. The maximum atomic E-state index is 2.33. The molecule has 0 atom stereocenters. The summed E-state index contributed by atoms with van der Waals surface area (Å²) in [6.45, 7) is 0. The maximum absolute atomic E-state index is 2.33. The van der Waals surface area contributed by atoms with Crippen LogP contribution in [0.5, 0.6) is 0 Å². The van der Waals surface area contributed by atoms with Gasteiger partial charge in [-0.1, -0.05) is 121 Å². The van der Waals surface area contributed by atoms with Crippen LogP contribution in [0.25, 0.3) is 33.7 Å². The lowest BCUT2D eigenvalue weighted by molar-refractivity contribution is 1.30. The molecule has 0 N–H and O–H groups in total. The van der Waals surface area contributed by atoms with E-state index in [0.29, 0.717) is 0 Å². The topological polar surface area (TPSA) is 3.24 Å². The molecular formula is C34H25N. The van der Waals surface area contributed by atoms with E-state index >= 15 is 0 Å². The summed E-state index contributed by atoms with van der Waals surface area (Å²) < 4.78 is 0. The summed E-state index contributed by atoms with van der Waals surface area (Å²) >= 11 is 0. The molecule has 0 aliphatic carbocycles. The fraction of sp³-hybridized carbons (Fsp3) is 0. The van der Waals surface area contributed by atoms with Crippen molar-refractivity contribution in [3.8, 4) is 0 Å². The molecule has 0 aromatic heterocycles. The molecule has 35 heavy (non-hydrogen) atoms. The Balaban J connectivity index is 1.38. The van der Waals surface area contributed by atoms with Crippen LogP contribution >= 0.6 is 0 Å². The molecule has 0 radical (unpaired) electrons. The fourth-order valence-electron chi connectivity index (χ4n) is 4.72. The van der Waals surface area contributed by atoms with E-state index in [4.69, 9.17) is 0 Å². The molecule has 0 saturated heterocycles. The van der Waals surface area contributed by atoms with E-state index < -0.39 is 0 Å². The minimum absolute atomic E-state index is 1.13. The van der Waals surface area contributed by atoms with Gasteiger partial charge in [-0.05, 0) is 57.6 Å². The lowest BCUT2D eigenvalue weighted by atomic mass is 10.0. The van der Waals surface area contributed by atoms with Gasteiger partial charge in [0.05, 0.1) is 5.69 Å². The first-order valence-corrected chi connectivity index (χ1v) is 12.0. The maximum Gasteiger partial charge on any atom is 0.0540 e. The zero-order valence-electron chi connectivity index (χ0n) is 19.4. The molecule has 1 heteroatoms. The van der Waals surface area contributed by atoms with Gasteiger partial charge < -0.3 is 4.90 Å². The van der Waals surface area contributed by atoms with Crippen LogP contribution in [-0.4, -0.2) is 0 Å². The molecule has 0 bridgehead atoms. The van der Waals surface area contributed by atoms with Crippen LogP contribution in [0.1, 0.15) is 11.1 Å². The number of anilines is 3. The summed E-state index contributed by atoms with van der Waals surface area (Å²) in [4.78, 5) is 2.33. The average Bonchev–Trinajstić information content (AvgIpc) is 2.93. The second-order valence-corrected chi connectivity index (χ2v) is 8.66. The Labute approximate surface area is 206 Å². The molecule has 6 rings (SSSR count). The van der Waals surface area contributed by atoms with Crippen molar-refractivity contribution in [3.63, 3.8) is 0 Å². The van der Waals surface area contributed by atoms with Crippen molar-refractivity contribution in [1.29, 1.82) is 0 Å². The quantitative estimate of drug-likeness (QED) is 0.238. The second kappa shape index (κ2) is 9.32. The minimum Gasteiger partial charge on any atom is -0.310 e. The fourth-order valence-corrected chi connectivity index (χ4v) is 4.72. The lowest BCUT2D eigenvalue weighted by Gasteiger charge is -2.27.